The first-order valence-electron chi connectivity index (χ1n) is 6.63. The van der Waals surface area contributed by atoms with Crippen LogP contribution in [-0.2, 0) is 9.53 Å². The van der Waals surface area contributed by atoms with Gasteiger partial charge in [-0.3, -0.25) is 4.79 Å². The Labute approximate surface area is 101 Å². The predicted molar refractivity (Wildman–Crippen MR) is 59.8 cm³/mol. The zero-order valence-corrected chi connectivity index (χ0v) is 10.5. The molecule has 0 radical (unpaired) electrons. The van der Waals surface area contributed by atoms with Gasteiger partial charge in [0.1, 0.15) is 5.72 Å². The maximum atomic E-state index is 12.4. The summed E-state index contributed by atoms with van der Waals surface area (Å²) in [6.45, 7) is 4.24. The standard InChI is InChI=1S/C13H19NO3/c1-5(2)13-9-7-4-6(10(15)11(7)17-13)8(9)12(16)14(13)3/h5-11,15H,4H2,1-3H3/t6-,7-,8+,9-,10+,11-,13-/m0/s1. The fourth-order valence-corrected chi connectivity index (χ4v) is 5.29. The molecule has 4 heteroatoms. The monoisotopic (exact) mass is 237 g/mol. The van der Waals surface area contributed by atoms with Gasteiger partial charge in [0.2, 0.25) is 5.91 Å². The molecule has 4 nitrogen and oxygen atoms in total. The van der Waals surface area contributed by atoms with Gasteiger partial charge < -0.3 is 14.7 Å². The number of nitrogens with zero attached hydrogens (tertiary/aromatic N) is 1. The van der Waals surface area contributed by atoms with Gasteiger partial charge in [-0.05, 0) is 18.3 Å². The number of carbonyl (C=O) groups is 1. The van der Waals surface area contributed by atoms with Crippen LogP contribution in [0.4, 0.5) is 0 Å². The Balaban J connectivity index is 1.91. The minimum atomic E-state index is -0.441. The van der Waals surface area contributed by atoms with Crippen molar-refractivity contribution in [1.29, 1.82) is 0 Å². The third-order valence-electron chi connectivity index (χ3n) is 5.82. The van der Waals surface area contributed by atoms with Crippen molar-refractivity contribution in [2.45, 2.75) is 38.2 Å². The molecule has 0 spiro atoms. The van der Waals surface area contributed by atoms with Gasteiger partial charge >= 0.3 is 0 Å². The van der Waals surface area contributed by atoms with E-state index in [0.29, 0.717) is 11.8 Å². The summed E-state index contributed by atoms with van der Waals surface area (Å²) in [4.78, 5) is 14.2. The van der Waals surface area contributed by atoms with E-state index in [1.54, 1.807) is 0 Å². The van der Waals surface area contributed by atoms with Gasteiger partial charge in [-0.25, -0.2) is 0 Å². The van der Waals surface area contributed by atoms with Crippen molar-refractivity contribution < 1.29 is 14.6 Å². The largest absolute Gasteiger partial charge is 0.390 e. The van der Waals surface area contributed by atoms with Gasteiger partial charge in [0.25, 0.3) is 0 Å². The fraction of sp³-hybridized carbons (Fsp3) is 0.923. The molecule has 4 aliphatic rings. The average molecular weight is 237 g/mol. The number of ether oxygens (including phenoxy) is 1. The Morgan fingerprint density at radius 2 is 2.18 bits per heavy atom. The van der Waals surface area contributed by atoms with Crippen LogP contribution in [0.5, 0.6) is 0 Å². The maximum absolute atomic E-state index is 12.4. The lowest BCUT2D eigenvalue weighted by Gasteiger charge is -2.39. The van der Waals surface area contributed by atoms with Gasteiger partial charge in [0, 0.05) is 18.9 Å². The van der Waals surface area contributed by atoms with Crippen LogP contribution < -0.4 is 0 Å². The maximum Gasteiger partial charge on any atom is 0.228 e. The van der Waals surface area contributed by atoms with Crippen LogP contribution in [-0.4, -0.2) is 40.9 Å². The summed E-state index contributed by atoms with van der Waals surface area (Å²) in [5.41, 5.74) is -0.441. The quantitative estimate of drug-likeness (QED) is 0.720. The normalized spacial score (nSPS) is 58.9. The number of carbonyl (C=O) groups excluding carboxylic acids is 1. The molecule has 2 saturated heterocycles. The average Bonchev–Trinajstić information content (AvgIpc) is 2.90. The first kappa shape index (κ1) is 10.3. The van der Waals surface area contributed by atoms with Gasteiger partial charge in [-0.15, -0.1) is 0 Å². The second kappa shape index (κ2) is 2.69. The van der Waals surface area contributed by atoms with Crippen LogP contribution in [0.25, 0.3) is 0 Å². The van der Waals surface area contributed by atoms with E-state index >= 15 is 0 Å². The highest BCUT2D eigenvalue weighted by molar-refractivity contribution is 5.84. The van der Waals surface area contributed by atoms with E-state index in [0.717, 1.165) is 6.42 Å². The van der Waals surface area contributed by atoms with Crippen molar-refractivity contribution in [2.24, 2.45) is 29.6 Å². The van der Waals surface area contributed by atoms with Crippen molar-refractivity contribution in [3.8, 4) is 0 Å². The van der Waals surface area contributed by atoms with E-state index in [4.69, 9.17) is 4.74 Å². The van der Waals surface area contributed by atoms with Crippen molar-refractivity contribution in [2.75, 3.05) is 7.05 Å². The number of aliphatic hydroxyl groups is 1. The van der Waals surface area contributed by atoms with Crippen LogP contribution >= 0.6 is 0 Å². The molecule has 2 bridgehead atoms. The zero-order chi connectivity index (χ0) is 12.1. The smallest absolute Gasteiger partial charge is 0.228 e. The minimum Gasteiger partial charge on any atom is -0.390 e. The molecule has 94 valence electrons. The summed E-state index contributed by atoms with van der Waals surface area (Å²) in [6.07, 6.45) is 0.536. The molecule has 0 aromatic rings. The minimum absolute atomic E-state index is 0.0150. The summed E-state index contributed by atoms with van der Waals surface area (Å²) < 4.78 is 6.23. The van der Waals surface area contributed by atoms with Crippen LogP contribution in [0.3, 0.4) is 0 Å². The van der Waals surface area contributed by atoms with Crippen LogP contribution in [0.2, 0.25) is 0 Å². The lowest BCUT2D eigenvalue weighted by Crippen LogP contribution is -2.52. The van der Waals surface area contributed by atoms with Gasteiger partial charge in [-0.2, -0.15) is 0 Å². The molecule has 2 aliphatic carbocycles. The third-order valence-corrected chi connectivity index (χ3v) is 5.82. The van der Waals surface area contributed by atoms with Crippen molar-refractivity contribution in [3.63, 3.8) is 0 Å². The van der Waals surface area contributed by atoms with Crippen molar-refractivity contribution >= 4 is 5.91 Å². The molecule has 1 N–H and O–H groups in total. The topological polar surface area (TPSA) is 49.8 Å². The molecule has 2 aliphatic heterocycles. The van der Waals surface area contributed by atoms with Crippen LogP contribution in [0.15, 0.2) is 0 Å². The Morgan fingerprint density at radius 3 is 2.82 bits per heavy atom. The lowest BCUT2D eigenvalue weighted by molar-refractivity contribution is -0.186. The van der Waals surface area contributed by atoms with Gasteiger partial charge in [0.05, 0.1) is 18.1 Å². The number of rotatable bonds is 1. The van der Waals surface area contributed by atoms with E-state index < -0.39 is 11.8 Å². The van der Waals surface area contributed by atoms with Crippen LogP contribution in [0.1, 0.15) is 20.3 Å². The highest BCUT2D eigenvalue weighted by Gasteiger charge is 2.78. The Hall–Kier alpha value is -0.610. The molecule has 4 rings (SSSR count). The molecule has 1 amide bonds. The summed E-state index contributed by atoms with van der Waals surface area (Å²) in [5.74, 6) is 1.35. The second-order valence-electron chi connectivity index (χ2n) is 6.49. The number of amides is 1. The highest BCUT2D eigenvalue weighted by atomic mass is 16.6. The highest BCUT2D eigenvalue weighted by Crippen LogP contribution is 2.68. The molecule has 0 unspecified atom stereocenters. The molecular formula is C13H19NO3. The van der Waals surface area contributed by atoms with E-state index in [1.807, 2.05) is 11.9 Å². The Bertz CT molecular complexity index is 409. The number of aliphatic hydroxyl groups excluding tert-OH is 1. The van der Waals surface area contributed by atoms with Crippen molar-refractivity contribution in [3.05, 3.63) is 0 Å². The molecule has 7 atom stereocenters. The molecule has 17 heavy (non-hydrogen) atoms. The first-order valence-corrected chi connectivity index (χ1v) is 6.63. The molecule has 0 aromatic heterocycles. The summed E-state index contributed by atoms with van der Waals surface area (Å²) in [7, 11) is 1.87. The number of fused-ring (bicyclic) bond motifs is 2. The second-order valence-corrected chi connectivity index (χ2v) is 6.49. The molecule has 2 saturated carbocycles. The molecule has 0 aromatic carbocycles. The SMILES string of the molecule is CC(C)[C@]12O[C@@H]3[C@H](O)[C@H]4C[C@H]3[C@H]1[C@@H]4C(=O)N2C. The number of hydrogen-bond acceptors (Lipinski definition) is 3. The third kappa shape index (κ3) is 0.809. The molecule has 4 fully saturated rings. The van der Waals surface area contributed by atoms with E-state index in [9.17, 15) is 9.90 Å². The number of likely N-dealkylation sites (tertiary alicyclic amines) is 1. The predicted octanol–water partition coefficient (Wildman–Crippen LogP) is 0.452. The Morgan fingerprint density at radius 1 is 1.47 bits per heavy atom. The van der Waals surface area contributed by atoms with E-state index in [2.05, 4.69) is 13.8 Å². The van der Waals surface area contributed by atoms with E-state index in [-0.39, 0.29) is 29.8 Å². The molecular weight excluding hydrogens is 218 g/mol. The summed E-state index contributed by atoms with van der Waals surface area (Å²) >= 11 is 0. The zero-order valence-electron chi connectivity index (χ0n) is 10.5. The van der Waals surface area contributed by atoms with Crippen molar-refractivity contribution in [1.82, 2.24) is 4.90 Å². The molecule has 2 heterocycles. The fourth-order valence-electron chi connectivity index (χ4n) is 5.29. The Kier molecular flexibility index (Phi) is 1.64. The lowest BCUT2D eigenvalue weighted by atomic mass is 9.74. The van der Waals surface area contributed by atoms with Crippen LogP contribution in [0, 0.1) is 29.6 Å². The van der Waals surface area contributed by atoms with Gasteiger partial charge in [-0.1, -0.05) is 13.8 Å². The first-order chi connectivity index (χ1) is 8.00. The summed E-state index contributed by atoms with van der Waals surface area (Å²) in [5, 5.41) is 10.2. The van der Waals surface area contributed by atoms with E-state index in [1.165, 1.54) is 0 Å². The van der Waals surface area contributed by atoms with Gasteiger partial charge in [0.15, 0.2) is 0 Å². The number of hydrogen-bond donors (Lipinski definition) is 1. The summed E-state index contributed by atoms with van der Waals surface area (Å²) in [6, 6.07) is 0.